The van der Waals surface area contributed by atoms with Gasteiger partial charge in [0, 0.05) is 29.1 Å². The first-order valence-electron chi connectivity index (χ1n) is 10.1. The predicted octanol–water partition coefficient (Wildman–Crippen LogP) is 4.72. The molecule has 0 fully saturated rings. The summed E-state index contributed by atoms with van der Waals surface area (Å²) in [6.07, 6.45) is 1.59. The molecule has 0 saturated heterocycles. The third-order valence-electron chi connectivity index (χ3n) is 4.51. The minimum absolute atomic E-state index is 0.0133. The van der Waals surface area contributed by atoms with Gasteiger partial charge >= 0.3 is 0 Å². The Morgan fingerprint density at radius 3 is 2.06 bits per heavy atom. The number of benzene rings is 3. The molecule has 0 saturated carbocycles. The van der Waals surface area contributed by atoms with Crippen LogP contribution in [0.3, 0.4) is 0 Å². The number of hydrogen-bond donors (Lipinski definition) is 3. The number of methoxy groups -OCH3 is 1. The molecule has 4 rings (SSSR count). The lowest BCUT2D eigenvalue weighted by molar-refractivity contribution is -0.384. The highest BCUT2D eigenvalue weighted by Crippen LogP contribution is 2.21. The van der Waals surface area contributed by atoms with Gasteiger partial charge in [-0.25, -0.2) is 5.43 Å². The van der Waals surface area contributed by atoms with Crippen LogP contribution >= 0.6 is 0 Å². The SMILES string of the molecule is COc1ccccc1C=NNc1nc(Nc2ccccc2)nc(Nc2ccc([N+](=O)[O-])cc2)n1. The number of nitrogens with one attached hydrogen (secondary N) is 3. The van der Waals surface area contributed by atoms with E-state index in [2.05, 4.69) is 36.1 Å². The Morgan fingerprint density at radius 2 is 1.41 bits per heavy atom. The first-order chi connectivity index (χ1) is 16.6. The largest absolute Gasteiger partial charge is 0.496 e. The van der Waals surface area contributed by atoms with Crippen LogP contribution in [0.25, 0.3) is 0 Å². The van der Waals surface area contributed by atoms with Crippen LogP contribution < -0.4 is 20.8 Å². The number of hydrazone groups is 1. The molecule has 11 nitrogen and oxygen atoms in total. The van der Waals surface area contributed by atoms with Gasteiger partial charge in [-0.2, -0.15) is 20.1 Å². The number of nitro benzene ring substituents is 1. The van der Waals surface area contributed by atoms with E-state index in [9.17, 15) is 10.1 Å². The molecular formula is C23H20N8O3. The molecule has 0 bridgehead atoms. The number of hydrogen-bond acceptors (Lipinski definition) is 10. The van der Waals surface area contributed by atoms with E-state index in [4.69, 9.17) is 4.74 Å². The first kappa shape index (κ1) is 22.1. The molecule has 170 valence electrons. The zero-order chi connectivity index (χ0) is 23.8. The van der Waals surface area contributed by atoms with Gasteiger partial charge in [0.1, 0.15) is 5.75 Å². The fourth-order valence-corrected chi connectivity index (χ4v) is 2.92. The van der Waals surface area contributed by atoms with Gasteiger partial charge in [0.25, 0.3) is 5.69 Å². The lowest BCUT2D eigenvalue weighted by atomic mass is 10.2. The minimum Gasteiger partial charge on any atom is -0.496 e. The molecule has 0 aliphatic rings. The molecule has 1 heterocycles. The van der Waals surface area contributed by atoms with Crippen molar-refractivity contribution in [1.29, 1.82) is 0 Å². The molecule has 11 heteroatoms. The highest BCUT2D eigenvalue weighted by atomic mass is 16.6. The number of anilines is 5. The average molecular weight is 456 g/mol. The topological polar surface area (TPSA) is 139 Å². The van der Waals surface area contributed by atoms with E-state index in [-0.39, 0.29) is 23.5 Å². The van der Waals surface area contributed by atoms with Crippen molar-refractivity contribution >= 4 is 41.1 Å². The number of rotatable bonds is 9. The standard InChI is InChI=1S/C23H20N8O3/c1-34-20-10-6-5-7-16(20)15-24-30-23-28-21(25-17-8-3-2-4-9-17)27-22(29-23)26-18-11-13-19(14-12-18)31(32)33/h2-15H,1H3,(H3,25,26,27,28,29,30). The molecule has 0 unspecified atom stereocenters. The van der Waals surface area contributed by atoms with Crippen LogP contribution in [-0.4, -0.2) is 33.2 Å². The Morgan fingerprint density at radius 1 is 0.824 bits per heavy atom. The molecule has 0 radical (unpaired) electrons. The van der Waals surface area contributed by atoms with Gasteiger partial charge in [-0.15, -0.1) is 0 Å². The van der Waals surface area contributed by atoms with Crippen molar-refractivity contribution in [3.63, 3.8) is 0 Å². The van der Waals surface area contributed by atoms with Crippen LogP contribution in [0.1, 0.15) is 5.56 Å². The second kappa shape index (κ2) is 10.5. The Hall–Kier alpha value is -5.06. The fraction of sp³-hybridized carbons (Fsp3) is 0.0435. The molecule has 3 aromatic carbocycles. The Kier molecular flexibility index (Phi) is 6.84. The molecule has 0 atom stereocenters. The monoisotopic (exact) mass is 456 g/mol. The third kappa shape index (κ3) is 5.79. The molecule has 0 aliphatic carbocycles. The summed E-state index contributed by atoms with van der Waals surface area (Å²) in [4.78, 5) is 23.5. The Bertz CT molecular complexity index is 1300. The summed E-state index contributed by atoms with van der Waals surface area (Å²) in [5, 5.41) is 21.2. The molecule has 0 aliphatic heterocycles. The molecule has 34 heavy (non-hydrogen) atoms. The number of non-ortho nitro benzene ring substituents is 1. The quantitative estimate of drug-likeness (QED) is 0.185. The van der Waals surface area contributed by atoms with Crippen LogP contribution in [0, 0.1) is 10.1 Å². The maximum Gasteiger partial charge on any atom is 0.269 e. The van der Waals surface area contributed by atoms with E-state index in [1.165, 1.54) is 12.1 Å². The van der Waals surface area contributed by atoms with E-state index < -0.39 is 4.92 Å². The third-order valence-corrected chi connectivity index (χ3v) is 4.51. The zero-order valence-electron chi connectivity index (χ0n) is 18.0. The average Bonchev–Trinajstić information content (AvgIpc) is 2.85. The summed E-state index contributed by atoms with van der Waals surface area (Å²) >= 11 is 0. The zero-order valence-corrected chi connectivity index (χ0v) is 18.0. The van der Waals surface area contributed by atoms with Crippen molar-refractivity contribution < 1.29 is 9.66 Å². The van der Waals surface area contributed by atoms with Gasteiger partial charge in [-0.3, -0.25) is 10.1 Å². The number of nitro groups is 1. The van der Waals surface area contributed by atoms with E-state index in [0.717, 1.165) is 11.3 Å². The lowest BCUT2D eigenvalue weighted by Gasteiger charge is -2.10. The summed E-state index contributed by atoms with van der Waals surface area (Å²) in [5.74, 6) is 1.36. The van der Waals surface area contributed by atoms with Crippen molar-refractivity contribution in [2.24, 2.45) is 5.10 Å². The van der Waals surface area contributed by atoms with Gasteiger partial charge < -0.3 is 15.4 Å². The fourth-order valence-electron chi connectivity index (χ4n) is 2.92. The maximum absolute atomic E-state index is 10.9. The van der Waals surface area contributed by atoms with Gasteiger partial charge in [0.15, 0.2) is 0 Å². The number of aromatic nitrogens is 3. The lowest BCUT2D eigenvalue weighted by Crippen LogP contribution is -2.07. The molecule has 4 aromatic rings. The summed E-state index contributed by atoms with van der Waals surface area (Å²) in [6.45, 7) is 0. The number of ether oxygens (including phenoxy) is 1. The number of para-hydroxylation sites is 2. The van der Waals surface area contributed by atoms with E-state index >= 15 is 0 Å². The highest BCUT2D eigenvalue weighted by Gasteiger charge is 2.09. The van der Waals surface area contributed by atoms with Crippen LogP contribution in [0.5, 0.6) is 5.75 Å². The molecule has 1 aromatic heterocycles. The van der Waals surface area contributed by atoms with Gasteiger partial charge in [0.05, 0.1) is 18.2 Å². The van der Waals surface area contributed by atoms with Crippen LogP contribution in [-0.2, 0) is 0 Å². The van der Waals surface area contributed by atoms with Crippen molar-refractivity contribution in [3.05, 3.63) is 94.5 Å². The summed E-state index contributed by atoms with van der Waals surface area (Å²) in [6, 6.07) is 22.8. The Labute approximate surface area is 194 Å². The van der Waals surface area contributed by atoms with Gasteiger partial charge in [0.2, 0.25) is 17.8 Å². The van der Waals surface area contributed by atoms with E-state index in [0.29, 0.717) is 11.4 Å². The normalized spacial score (nSPS) is 10.6. The van der Waals surface area contributed by atoms with Crippen molar-refractivity contribution in [2.75, 3.05) is 23.2 Å². The molecular weight excluding hydrogens is 436 g/mol. The van der Waals surface area contributed by atoms with E-state index in [1.807, 2.05) is 54.6 Å². The van der Waals surface area contributed by atoms with E-state index in [1.54, 1.807) is 25.5 Å². The highest BCUT2D eigenvalue weighted by molar-refractivity contribution is 5.83. The molecule has 3 N–H and O–H groups in total. The second-order valence-corrected chi connectivity index (χ2v) is 6.84. The maximum atomic E-state index is 10.9. The van der Waals surface area contributed by atoms with Crippen LogP contribution in [0.4, 0.5) is 34.9 Å². The van der Waals surface area contributed by atoms with Gasteiger partial charge in [-0.1, -0.05) is 30.3 Å². The first-order valence-corrected chi connectivity index (χ1v) is 10.1. The summed E-state index contributed by atoms with van der Waals surface area (Å²) in [5.41, 5.74) is 4.93. The second-order valence-electron chi connectivity index (χ2n) is 6.84. The summed E-state index contributed by atoms with van der Waals surface area (Å²) in [7, 11) is 1.59. The van der Waals surface area contributed by atoms with Crippen LogP contribution in [0.2, 0.25) is 0 Å². The molecule has 0 amide bonds. The van der Waals surface area contributed by atoms with Gasteiger partial charge in [-0.05, 0) is 36.4 Å². The summed E-state index contributed by atoms with van der Waals surface area (Å²) < 4.78 is 5.32. The minimum atomic E-state index is -0.462. The number of nitrogens with zero attached hydrogens (tertiary/aromatic N) is 5. The van der Waals surface area contributed by atoms with Crippen molar-refractivity contribution in [2.45, 2.75) is 0 Å². The van der Waals surface area contributed by atoms with Crippen LogP contribution in [0.15, 0.2) is 84.0 Å². The molecule has 0 spiro atoms. The predicted molar refractivity (Wildman–Crippen MR) is 130 cm³/mol. The smallest absolute Gasteiger partial charge is 0.269 e. The van der Waals surface area contributed by atoms with Crippen molar-refractivity contribution in [1.82, 2.24) is 15.0 Å². The van der Waals surface area contributed by atoms with Crippen molar-refractivity contribution in [3.8, 4) is 5.75 Å². The Balaban J connectivity index is 1.58.